The van der Waals surface area contributed by atoms with Gasteiger partial charge in [0.2, 0.25) is 0 Å². The molecule has 7 heteroatoms. The molecule has 1 aliphatic heterocycles. The van der Waals surface area contributed by atoms with Gasteiger partial charge in [0, 0.05) is 25.0 Å². The van der Waals surface area contributed by atoms with Crippen molar-refractivity contribution in [3.8, 4) is 5.75 Å². The van der Waals surface area contributed by atoms with Crippen molar-refractivity contribution in [1.29, 1.82) is 0 Å². The zero-order valence-corrected chi connectivity index (χ0v) is 22.7. The fraction of sp³-hybridized carbons (Fsp3) is 0.556. The van der Waals surface area contributed by atoms with E-state index in [4.69, 9.17) is 16.3 Å². The van der Waals surface area contributed by atoms with Gasteiger partial charge in [0.1, 0.15) is 12.4 Å². The number of hydrogen-bond acceptors (Lipinski definition) is 4. The van der Waals surface area contributed by atoms with Gasteiger partial charge in [-0.05, 0) is 63.2 Å². The highest BCUT2D eigenvalue weighted by Gasteiger charge is 2.40. The molecule has 1 heterocycles. The molecule has 34 heavy (non-hydrogen) atoms. The highest BCUT2D eigenvalue weighted by molar-refractivity contribution is 6.32. The van der Waals surface area contributed by atoms with Crippen molar-refractivity contribution >= 4 is 36.4 Å². The Hall–Kier alpha value is -1.01. The predicted molar refractivity (Wildman–Crippen MR) is 146 cm³/mol. The third-order valence-electron chi connectivity index (χ3n) is 7.38. The predicted octanol–water partition coefficient (Wildman–Crippen LogP) is 6.18. The van der Waals surface area contributed by atoms with E-state index in [0.717, 1.165) is 56.4 Å². The molecule has 190 valence electrons. The summed E-state index contributed by atoms with van der Waals surface area (Å²) in [5, 5.41) is 12.3. The number of rotatable bonds is 8. The van der Waals surface area contributed by atoms with Crippen LogP contribution in [0.15, 0.2) is 48.5 Å². The molecule has 0 bridgehead atoms. The van der Waals surface area contributed by atoms with Gasteiger partial charge in [-0.3, -0.25) is 0 Å². The van der Waals surface area contributed by atoms with E-state index in [1.807, 2.05) is 42.5 Å². The summed E-state index contributed by atoms with van der Waals surface area (Å²) < 4.78 is 5.99. The van der Waals surface area contributed by atoms with Crippen LogP contribution in [0.2, 0.25) is 5.02 Å². The molecule has 1 saturated carbocycles. The maximum absolute atomic E-state index is 11.7. The van der Waals surface area contributed by atoms with Crippen LogP contribution in [0, 0.1) is 0 Å². The lowest BCUT2D eigenvalue weighted by Crippen LogP contribution is -2.44. The van der Waals surface area contributed by atoms with Gasteiger partial charge in [0.25, 0.3) is 0 Å². The molecule has 4 rings (SSSR count). The molecule has 2 aromatic carbocycles. The average Bonchev–Trinajstić information content (AvgIpc) is 3.27. The molecule has 0 radical (unpaired) electrons. The number of likely N-dealkylation sites (tertiary alicyclic amines) is 1. The van der Waals surface area contributed by atoms with E-state index in [-0.39, 0.29) is 30.7 Å². The Labute approximate surface area is 222 Å². The normalized spacial score (nSPS) is 20.9. The minimum absolute atomic E-state index is 0. The summed E-state index contributed by atoms with van der Waals surface area (Å²) in [5.41, 5.74) is 1.58. The van der Waals surface area contributed by atoms with Crippen LogP contribution in [0.1, 0.15) is 55.6 Å². The van der Waals surface area contributed by atoms with Crippen molar-refractivity contribution in [2.45, 2.75) is 62.7 Å². The summed E-state index contributed by atoms with van der Waals surface area (Å²) in [5.74, 6) is 0.756. The van der Waals surface area contributed by atoms with Crippen LogP contribution in [-0.2, 0) is 6.61 Å². The summed E-state index contributed by atoms with van der Waals surface area (Å²) in [6.45, 7) is 3.52. The highest BCUT2D eigenvalue weighted by atomic mass is 35.5. The van der Waals surface area contributed by atoms with Crippen molar-refractivity contribution in [2.24, 2.45) is 0 Å². The van der Waals surface area contributed by atoms with Crippen molar-refractivity contribution in [2.75, 3.05) is 33.7 Å². The lowest BCUT2D eigenvalue weighted by Gasteiger charge is -2.41. The third kappa shape index (κ3) is 7.25. The summed E-state index contributed by atoms with van der Waals surface area (Å²) in [4.78, 5) is 4.84. The van der Waals surface area contributed by atoms with Crippen molar-refractivity contribution in [3.63, 3.8) is 0 Å². The molecule has 2 unspecified atom stereocenters. The first-order chi connectivity index (χ1) is 15.4. The number of benzene rings is 2. The molecule has 2 aliphatic rings. The molecule has 1 N–H and O–H groups in total. The van der Waals surface area contributed by atoms with E-state index in [9.17, 15) is 5.11 Å². The molecule has 0 spiro atoms. The molecule has 4 nitrogen and oxygen atoms in total. The van der Waals surface area contributed by atoms with Crippen LogP contribution in [0.3, 0.4) is 0 Å². The van der Waals surface area contributed by atoms with Gasteiger partial charge in [-0.1, -0.05) is 67.3 Å². The molecule has 1 saturated heterocycles. The van der Waals surface area contributed by atoms with Crippen LogP contribution < -0.4 is 4.74 Å². The van der Waals surface area contributed by atoms with E-state index in [2.05, 4.69) is 30.0 Å². The molecule has 2 atom stereocenters. The van der Waals surface area contributed by atoms with E-state index in [1.165, 1.54) is 12.8 Å². The number of hydrogen-bond donors (Lipinski definition) is 1. The second-order valence-electron chi connectivity index (χ2n) is 9.85. The minimum Gasteiger partial charge on any atom is -0.487 e. The van der Waals surface area contributed by atoms with Gasteiger partial charge in [0.15, 0.2) is 0 Å². The zero-order valence-electron chi connectivity index (χ0n) is 20.3. The molecule has 2 aromatic rings. The maximum Gasteiger partial charge on any atom is 0.138 e. The topological polar surface area (TPSA) is 35.9 Å². The van der Waals surface area contributed by atoms with Crippen LogP contribution in [0.4, 0.5) is 0 Å². The Morgan fingerprint density at radius 3 is 2.41 bits per heavy atom. The molecule has 0 aromatic heterocycles. The second-order valence-corrected chi connectivity index (χ2v) is 10.3. The smallest absolute Gasteiger partial charge is 0.138 e. The number of ether oxygens (including phenoxy) is 1. The van der Waals surface area contributed by atoms with Crippen molar-refractivity contribution < 1.29 is 9.84 Å². The second kappa shape index (κ2) is 13.3. The van der Waals surface area contributed by atoms with Crippen LogP contribution >= 0.6 is 36.4 Å². The van der Waals surface area contributed by atoms with Gasteiger partial charge < -0.3 is 19.6 Å². The fourth-order valence-corrected chi connectivity index (χ4v) is 5.59. The van der Waals surface area contributed by atoms with E-state index < -0.39 is 5.60 Å². The molecular weight excluding hydrogens is 491 g/mol. The standard InChI is InChI=1S/C27H37ClN2O2.2ClH/c1-29(2)23-13-16-30(18-23)19-24(27(31)14-7-4-8-15-27)22-11-12-26(25(28)17-22)32-20-21-9-5-3-6-10-21;;/h3,5-6,9-12,17,23-24,31H,4,7-8,13-16,18-20H2,1-2H3;2*1H. The Morgan fingerprint density at radius 2 is 1.79 bits per heavy atom. The van der Waals surface area contributed by atoms with Gasteiger partial charge in [-0.15, -0.1) is 24.8 Å². The molecule has 1 aliphatic carbocycles. The maximum atomic E-state index is 11.7. The van der Waals surface area contributed by atoms with Crippen LogP contribution in [-0.4, -0.2) is 60.3 Å². The number of likely N-dealkylation sites (N-methyl/N-ethyl adjacent to an activating group) is 1. The van der Waals surface area contributed by atoms with Crippen LogP contribution in [0.25, 0.3) is 0 Å². The highest BCUT2D eigenvalue weighted by Crippen LogP contribution is 2.42. The zero-order chi connectivity index (χ0) is 22.6. The quantitative estimate of drug-likeness (QED) is 0.443. The largest absolute Gasteiger partial charge is 0.487 e. The summed E-state index contributed by atoms with van der Waals surface area (Å²) in [6.07, 6.45) is 6.33. The van der Waals surface area contributed by atoms with Crippen molar-refractivity contribution in [3.05, 3.63) is 64.7 Å². The fourth-order valence-electron chi connectivity index (χ4n) is 5.34. The lowest BCUT2D eigenvalue weighted by molar-refractivity contribution is -0.0297. The first kappa shape index (κ1) is 29.2. The Balaban J connectivity index is 0.00000204. The summed E-state index contributed by atoms with van der Waals surface area (Å²) in [7, 11) is 4.32. The van der Waals surface area contributed by atoms with Gasteiger partial charge in [0.05, 0.1) is 10.6 Å². The van der Waals surface area contributed by atoms with Gasteiger partial charge in [-0.25, -0.2) is 0 Å². The van der Waals surface area contributed by atoms with E-state index in [1.54, 1.807) is 0 Å². The van der Waals surface area contributed by atoms with Crippen molar-refractivity contribution in [1.82, 2.24) is 9.80 Å². The Bertz CT molecular complexity index is 875. The summed E-state index contributed by atoms with van der Waals surface area (Å²) in [6, 6.07) is 16.8. The van der Waals surface area contributed by atoms with E-state index in [0.29, 0.717) is 23.4 Å². The first-order valence-electron chi connectivity index (χ1n) is 12.0. The molecular formula is C27H39Cl3N2O2. The molecule has 0 amide bonds. The Morgan fingerprint density at radius 1 is 1.09 bits per heavy atom. The van der Waals surface area contributed by atoms with Crippen LogP contribution in [0.5, 0.6) is 5.75 Å². The number of nitrogens with zero attached hydrogens (tertiary/aromatic N) is 2. The van der Waals surface area contributed by atoms with E-state index >= 15 is 0 Å². The Kier molecular flexibility index (Phi) is 11.5. The lowest BCUT2D eigenvalue weighted by atomic mass is 9.72. The monoisotopic (exact) mass is 528 g/mol. The first-order valence-corrected chi connectivity index (χ1v) is 12.4. The van der Waals surface area contributed by atoms with Gasteiger partial charge >= 0.3 is 0 Å². The minimum atomic E-state index is -0.663. The number of halogens is 3. The number of aliphatic hydroxyl groups is 1. The average molecular weight is 530 g/mol. The summed E-state index contributed by atoms with van der Waals surface area (Å²) >= 11 is 6.68. The molecule has 2 fully saturated rings. The third-order valence-corrected chi connectivity index (χ3v) is 7.68. The van der Waals surface area contributed by atoms with Gasteiger partial charge in [-0.2, -0.15) is 0 Å². The SMILES string of the molecule is CN(C)C1CCN(CC(c2ccc(OCc3ccccc3)c(Cl)c2)C2(O)CCCCC2)C1.Cl.Cl.